The van der Waals surface area contributed by atoms with Crippen molar-refractivity contribution in [3.63, 3.8) is 0 Å². The maximum atomic E-state index is 12.6. The molecule has 0 bridgehead atoms. The van der Waals surface area contributed by atoms with Gasteiger partial charge in [-0.25, -0.2) is 0 Å². The van der Waals surface area contributed by atoms with Gasteiger partial charge in [-0.2, -0.15) is 0 Å². The van der Waals surface area contributed by atoms with E-state index < -0.39 is 0 Å². The monoisotopic (exact) mass is 393 g/mol. The van der Waals surface area contributed by atoms with E-state index in [1.54, 1.807) is 0 Å². The zero-order valence-electron chi connectivity index (χ0n) is 14.6. The van der Waals surface area contributed by atoms with Gasteiger partial charge in [-0.15, -0.1) is 10.2 Å². The Bertz CT molecular complexity index is 1140. The first kappa shape index (κ1) is 17.8. The second-order valence-corrected chi connectivity index (χ2v) is 7.53. The van der Waals surface area contributed by atoms with Gasteiger partial charge in [0.25, 0.3) is 0 Å². The fourth-order valence-electron chi connectivity index (χ4n) is 2.90. The van der Waals surface area contributed by atoms with Crippen molar-refractivity contribution in [3.8, 4) is 11.4 Å². The van der Waals surface area contributed by atoms with Gasteiger partial charge < -0.3 is 4.57 Å². The Labute approximate surface area is 166 Å². The number of hydrogen-bond acceptors (Lipinski definition) is 4. The van der Waals surface area contributed by atoms with E-state index in [0.717, 1.165) is 22.2 Å². The van der Waals surface area contributed by atoms with Gasteiger partial charge in [0, 0.05) is 23.2 Å². The number of Topliss-reactive ketones (excluding diaryl/α,β-unsaturated/α-hetero) is 1. The Hall–Kier alpha value is -2.63. The molecule has 4 rings (SSSR count). The highest BCUT2D eigenvalue weighted by Crippen LogP contribution is 2.25. The topological polar surface area (TPSA) is 47.8 Å². The van der Waals surface area contributed by atoms with Gasteiger partial charge in [0.2, 0.25) is 0 Å². The SMILES string of the molecule is Cn1c(SCC(=O)c2ccc3ccccc3c2)nnc1-c1cccc(Cl)c1. The summed E-state index contributed by atoms with van der Waals surface area (Å²) in [6.07, 6.45) is 0. The largest absolute Gasteiger partial charge is 0.305 e. The number of thioether (sulfide) groups is 1. The lowest BCUT2D eigenvalue weighted by Gasteiger charge is -2.05. The predicted molar refractivity (Wildman–Crippen MR) is 110 cm³/mol. The standard InChI is InChI=1S/C21H16ClN3OS/c1-25-20(17-7-4-8-18(22)12-17)23-24-21(25)27-13-19(26)16-10-9-14-5-2-3-6-15(14)11-16/h2-12H,13H2,1H3. The molecule has 3 aromatic carbocycles. The average molecular weight is 394 g/mol. The Balaban J connectivity index is 1.50. The van der Waals surface area contributed by atoms with E-state index in [4.69, 9.17) is 11.6 Å². The van der Waals surface area contributed by atoms with Crippen LogP contribution in [0.4, 0.5) is 0 Å². The van der Waals surface area contributed by atoms with Crippen molar-refractivity contribution in [2.45, 2.75) is 5.16 Å². The summed E-state index contributed by atoms with van der Waals surface area (Å²) in [5.41, 5.74) is 1.60. The molecule has 1 aromatic heterocycles. The Morgan fingerprint density at radius 3 is 2.63 bits per heavy atom. The van der Waals surface area contributed by atoms with Crippen LogP contribution in [0.5, 0.6) is 0 Å². The molecule has 0 radical (unpaired) electrons. The molecule has 4 aromatic rings. The molecule has 0 fully saturated rings. The number of carbonyl (C=O) groups excluding carboxylic acids is 1. The number of nitrogens with zero attached hydrogens (tertiary/aromatic N) is 3. The number of fused-ring (bicyclic) bond motifs is 1. The Kier molecular flexibility index (Phi) is 4.97. The van der Waals surface area contributed by atoms with E-state index in [-0.39, 0.29) is 5.78 Å². The number of ketones is 1. The minimum Gasteiger partial charge on any atom is -0.305 e. The molecule has 0 aliphatic heterocycles. The van der Waals surface area contributed by atoms with Crippen molar-refractivity contribution >= 4 is 39.9 Å². The fourth-order valence-corrected chi connectivity index (χ4v) is 3.89. The number of benzene rings is 3. The number of halogens is 1. The number of rotatable bonds is 5. The summed E-state index contributed by atoms with van der Waals surface area (Å²) in [6.45, 7) is 0. The fraction of sp³-hybridized carbons (Fsp3) is 0.0952. The molecular formula is C21H16ClN3OS. The zero-order valence-corrected chi connectivity index (χ0v) is 16.2. The van der Waals surface area contributed by atoms with Crippen LogP contribution < -0.4 is 0 Å². The molecule has 0 spiro atoms. The van der Waals surface area contributed by atoms with Crippen LogP contribution in [0.1, 0.15) is 10.4 Å². The smallest absolute Gasteiger partial charge is 0.191 e. The average Bonchev–Trinajstić information content (AvgIpc) is 3.06. The van der Waals surface area contributed by atoms with E-state index in [2.05, 4.69) is 10.2 Å². The lowest BCUT2D eigenvalue weighted by molar-refractivity contribution is 0.102. The maximum absolute atomic E-state index is 12.6. The molecule has 4 nitrogen and oxygen atoms in total. The van der Waals surface area contributed by atoms with Gasteiger partial charge in [-0.1, -0.05) is 71.9 Å². The summed E-state index contributed by atoms with van der Waals surface area (Å²) in [4.78, 5) is 12.6. The highest BCUT2D eigenvalue weighted by Gasteiger charge is 2.14. The second-order valence-electron chi connectivity index (χ2n) is 6.15. The lowest BCUT2D eigenvalue weighted by Crippen LogP contribution is -2.04. The highest BCUT2D eigenvalue weighted by atomic mass is 35.5. The van der Waals surface area contributed by atoms with Gasteiger partial charge in [-0.05, 0) is 29.0 Å². The second kappa shape index (κ2) is 7.55. The van der Waals surface area contributed by atoms with E-state index in [1.807, 2.05) is 78.3 Å². The number of hydrogen-bond donors (Lipinski definition) is 0. The third-order valence-corrected chi connectivity index (χ3v) is 5.58. The van der Waals surface area contributed by atoms with Gasteiger partial charge in [0.05, 0.1) is 5.75 Å². The van der Waals surface area contributed by atoms with E-state index in [9.17, 15) is 4.79 Å². The predicted octanol–water partition coefficient (Wildman–Crippen LogP) is 5.26. The maximum Gasteiger partial charge on any atom is 0.191 e. The Morgan fingerprint density at radius 2 is 1.81 bits per heavy atom. The quantitative estimate of drug-likeness (QED) is 0.342. The van der Waals surface area contributed by atoms with Crippen LogP contribution >= 0.6 is 23.4 Å². The van der Waals surface area contributed by atoms with Crippen LogP contribution in [-0.2, 0) is 7.05 Å². The molecule has 0 saturated carbocycles. The molecule has 0 amide bonds. The van der Waals surface area contributed by atoms with Gasteiger partial charge in [0.1, 0.15) is 0 Å². The number of carbonyl (C=O) groups is 1. The van der Waals surface area contributed by atoms with Gasteiger partial charge in [-0.3, -0.25) is 4.79 Å². The normalized spacial score (nSPS) is 11.0. The molecule has 1 heterocycles. The molecule has 134 valence electrons. The van der Waals surface area contributed by atoms with E-state index in [0.29, 0.717) is 21.5 Å². The van der Waals surface area contributed by atoms with Crippen molar-refractivity contribution in [2.24, 2.45) is 7.05 Å². The molecule has 0 unspecified atom stereocenters. The molecule has 0 N–H and O–H groups in total. The van der Waals surface area contributed by atoms with E-state index >= 15 is 0 Å². The first-order valence-electron chi connectivity index (χ1n) is 8.42. The highest BCUT2D eigenvalue weighted by molar-refractivity contribution is 7.99. The first-order chi connectivity index (χ1) is 13.1. The summed E-state index contributed by atoms with van der Waals surface area (Å²) in [5, 5.41) is 12.0. The molecular weight excluding hydrogens is 378 g/mol. The minimum atomic E-state index is 0.0676. The van der Waals surface area contributed by atoms with Crippen molar-refractivity contribution < 1.29 is 4.79 Å². The Morgan fingerprint density at radius 1 is 1.00 bits per heavy atom. The molecule has 0 aliphatic rings. The summed E-state index contributed by atoms with van der Waals surface area (Å²) < 4.78 is 1.88. The van der Waals surface area contributed by atoms with Crippen LogP contribution in [-0.4, -0.2) is 26.3 Å². The first-order valence-corrected chi connectivity index (χ1v) is 9.78. The molecule has 6 heteroatoms. The molecule has 0 saturated heterocycles. The summed E-state index contributed by atoms with van der Waals surface area (Å²) >= 11 is 7.44. The van der Waals surface area contributed by atoms with E-state index in [1.165, 1.54) is 11.8 Å². The summed E-state index contributed by atoms with van der Waals surface area (Å²) in [6, 6.07) is 21.3. The molecule has 0 aliphatic carbocycles. The van der Waals surface area contributed by atoms with Crippen LogP contribution in [0.3, 0.4) is 0 Å². The van der Waals surface area contributed by atoms with Crippen LogP contribution in [0.2, 0.25) is 5.02 Å². The van der Waals surface area contributed by atoms with Gasteiger partial charge in [0.15, 0.2) is 16.8 Å². The lowest BCUT2D eigenvalue weighted by atomic mass is 10.1. The van der Waals surface area contributed by atoms with Crippen molar-refractivity contribution in [1.29, 1.82) is 0 Å². The third kappa shape index (κ3) is 3.75. The van der Waals surface area contributed by atoms with Crippen molar-refractivity contribution in [1.82, 2.24) is 14.8 Å². The zero-order chi connectivity index (χ0) is 18.8. The van der Waals surface area contributed by atoms with Crippen molar-refractivity contribution in [3.05, 3.63) is 77.3 Å². The van der Waals surface area contributed by atoms with Crippen LogP contribution in [0, 0.1) is 0 Å². The molecule has 0 atom stereocenters. The van der Waals surface area contributed by atoms with Gasteiger partial charge >= 0.3 is 0 Å². The number of aromatic nitrogens is 3. The van der Waals surface area contributed by atoms with Crippen LogP contribution in [0.15, 0.2) is 71.9 Å². The minimum absolute atomic E-state index is 0.0676. The third-order valence-electron chi connectivity index (χ3n) is 4.32. The van der Waals surface area contributed by atoms with Crippen LogP contribution in [0.25, 0.3) is 22.2 Å². The summed E-state index contributed by atoms with van der Waals surface area (Å²) in [7, 11) is 1.89. The summed E-state index contributed by atoms with van der Waals surface area (Å²) in [5.74, 6) is 1.09. The van der Waals surface area contributed by atoms with Crippen molar-refractivity contribution in [2.75, 3.05) is 5.75 Å². The molecule has 27 heavy (non-hydrogen) atoms.